The number of carbonyl (C=O) groups excluding carboxylic acids is 2. The van der Waals surface area contributed by atoms with Crippen molar-refractivity contribution in [1.82, 2.24) is 9.88 Å². The Labute approximate surface area is 433 Å². The number of amides is 1. The van der Waals surface area contributed by atoms with Gasteiger partial charge in [0.2, 0.25) is 0 Å². The summed E-state index contributed by atoms with van der Waals surface area (Å²) >= 11 is 0. The number of aromatic carboxylic acids is 1. The van der Waals surface area contributed by atoms with Crippen molar-refractivity contribution in [2.24, 2.45) is 0 Å². The highest BCUT2D eigenvalue weighted by Gasteiger charge is 2.30. The smallest absolute Gasteiger partial charge is 0.339 e. The number of nitrogens with zero attached hydrogens (tertiary/aromatic N) is 2. The van der Waals surface area contributed by atoms with Gasteiger partial charge in [-0.25, -0.2) is 9.36 Å². The van der Waals surface area contributed by atoms with Crippen LogP contribution in [0.25, 0.3) is 0 Å². The fourth-order valence-electron chi connectivity index (χ4n) is 7.56. The first-order valence-corrected chi connectivity index (χ1v) is 24.1. The lowest BCUT2D eigenvalue weighted by atomic mass is 10.1. The topological polar surface area (TPSA) is 213 Å². The number of nitro groups is 1. The summed E-state index contributed by atoms with van der Waals surface area (Å²) in [7, 11) is 0. The average Bonchev–Trinajstić information content (AvgIpc) is 3.44. The molecule has 17 nitrogen and oxygen atoms in total. The van der Waals surface area contributed by atoms with Crippen molar-refractivity contribution < 1.29 is 57.6 Å². The van der Waals surface area contributed by atoms with Gasteiger partial charge in [0.25, 0.3) is 17.5 Å². The average molecular weight is 1020 g/mol. The molecule has 7 rings (SSSR count). The van der Waals surface area contributed by atoms with E-state index >= 15 is 0 Å². The molecule has 0 bridgehead atoms. The number of carboxylic acid groups (broad SMARTS) is 1. The molecule has 388 valence electrons. The van der Waals surface area contributed by atoms with Crippen LogP contribution < -0.4 is 15.6 Å². The second-order valence-electron chi connectivity index (χ2n) is 17.2. The number of non-ortho nitro benzene ring substituents is 1. The Morgan fingerprint density at radius 3 is 1.27 bits per heavy atom. The van der Waals surface area contributed by atoms with Crippen LogP contribution in [0.5, 0.6) is 5.75 Å². The lowest BCUT2D eigenvalue weighted by molar-refractivity contribution is -0.384. The molecule has 75 heavy (non-hydrogen) atoms. The molecule has 0 unspecified atom stereocenters. The normalized spacial score (nSPS) is 11.2. The predicted molar refractivity (Wildman–Crippen MR) is 276 cm³/mol. The van der Waals surface area contributed by atoms with Gasteiger partial charge in [0, 0.05) is 17.7 Å². The van der Waals surface area contributed by atoms with E-state index < -0.39 is 63.5 Å². The third kappa shape index (κ3) is 17.2. The Balaban J connectivity index is 1.19. The van der Waals surface area contributed by atoms with Gasteiger partial charge in [0.15, 0.2) is 5.75 Å². The number of benzene rings is 6. The first-order chi connectivity index (χ1) is 36.6. The van der Waals surface area contributed by atoms with Crippen molar-refractivity contribution in [3.63, 3.8) is 0 Å². The minimum atomic E-state index is -1.62. The fourth-order valence-corrected chi connectivity index (χ4v) is 7.56. The van der Waals surface area contributed by atoms with E-state index in [9.17, 15) is 34.4 Å². The van der Waals surface area contributed by atoms with Crippen LogP contribution >= 0.6 is 0 Å². The maximum atomic E-state index is 14.8. The summed E-state index contributed by atoms with van der Waals surface area (Å²) in [5, 5.41) is 24.8. The number of ether oxygens (including phenoxy) is 7. The number of rotatable bonds is 30. The molecule has 2 N–H and O–H groups in total. The van der Waals surface area contributed by atoms with Gasteiger partial charge in [-0.05, 0) is 46.0 Å². The highest BCUT2D eigenvalue weighted by atomic mass is 16.6. The Bertz CT molecular complexity index is 2760. The second kappa shape index (κ2) is 28.9. The molecule has 0 saturated carbocycles. The molecule has 0 radical (unpaired) electrons. The van der Waals surface area contributed by atoms with Crippen LogP contribution in [0, 0.1) is 10.1 Å². The van der Waals surface area contributed by atoms with Crippen LogP contribution in [0.2, 0.25) is 0 Å². The number of carboxylic acids is 1. The van der Waals surface area contributed by atoms with E-state index in [0.29, 0.717) is 10.1 Å². The van der Waals surface area contributed by atoms with Crippen molar-refractivity contribution >= 4 is 23.5 Å². The van der Waals surface area contributed by atoms with Gasteiger partial charge in [-0.1, -0.05) is 152 Å². The monoisotopic (exact) mass is 1020 g/mol. The molecule has 6 aromatic carbocycles. The molecule has 0 spiro atoms. The Morgan fingerprint density at radius 2 is 0.907 bits per heavy atom. The molecule has 1 heterocycles. The number of hydrogen-bond donors (Lipinski definition) is 2. The van der Waals surface area contributed by atoms with Gasteiger partial charge in [0.1, 0.15) is 30.1 Å². The van der Waals surface area contributed by atoms with Crippen molar-refractivity contribution in [2.45, 2.75) is 51.3 Å². The van der Waals surface area contributed by atoms with E-state index in [-0.39, 0.29) is 83.9 Å². The SMILES string of the molecule is O=C(O)c1cc(C(=O)NC(COC(COCc2ccccc2)COCc2ccccc2)COC(COCc2ccccc2)COCc2ccccc2)n(C(=O)c2ccc([N+](=O)[O-])cc2)c(=O)c1OCc1ccccc1. The first-order valence-electron chi connectivity index (χ1n) is 24.1. The van der Waals surface area contributed by atoms with Crippen molar-refractivity contribution in [3.05, 3.63) is 247 Å². The highest BCUT2D eigenvalue weighted by molar-refractivity contribution is 6.04. The highest BCUT2D eigenvalue weighted by Crippen LogP contribution is 2.21. The third-order valence-corrected chi connectivity index (χ3v) is 11.4. The minimum Gasteiger partial charge on any atom is -0.482 e. The van der Waals surface area contributed by atoms with Crippen LogP contribution in [0.1, 0.15) is 59.0 Å². The predicted octanol–water partition coefficient (Wildman–Crippen LogP) is 8.46. The minimum absolute atomic E-state index is 0.0736. The van der Waals surface area contributed by atoms with Gasteiger partial charge in [-0.3, -0.25) is 24.5 Å². The lowest BCUT2D eigenvalue weighted by Gasteiger charge is -2.26. The molecule has 0 aliphatic heterocycles. The van der Waals surface area contributed by atoms with Crippen molar-refractivity contribution in [1.29, 1.82) is 0 Å². The maximum Gasteiger partial charge on any atom is 0.339 e. The van der Waals surface area contributed by atoms with E-state index in [2.05, 4.69) is 5.32 Å². The summed E-state index contributed by atoms with van der Waals surface area (Å²) < 4.78 is 43.6. The summed E-state index contributed by atoms with van der Waals surface area (Å²) in [4.78, 5) is 67.5. The van der Waals surface area contributed by atoms with Crippen LogP contribution in [0.3, 0.4) is 0 Å². The van der Waals surface area contributed by atoms with Gasteiger partial charge in [-0.15, -0.1) is 0 Å². The maximum absolute atomic E-state index is 14.8. The zero-order chi connectivity index (χ0) is 52.6. The van der Waals surface area contributed by atoms with Crippen LogP contribution in [-0.2, 0) is 61.5 Å². The van der Waals surface area contributed by atoms with E-state index in [1.54, 1.807) is 30.3 Å². The molecule has 0 saturated heterocycles. The number of aromatic nitrogens is 1. The summed E-state index contributed by atoms with van der Waals surface area (Å²) in [6.45, 7) is 0.631. The molecule has 1 amide bonds. The van der Waals surface area contributed by atoms with Crippen LogP contribution in [-0.4, -0.2) is 90.3 Å². The number of pyridine rings is 1. The fraction of sp³-hybridized carbons (Fsp3) is 0.241. The molecule has 0 atom stereocenters. The van der Waals surface area contributed by atoms with E-state index in [1.165, 1.54) is 0 Å². The molecule has 17 heteroatoms. The Kier molecular flexibility index (Phi) is 21.1. The zero-order valence-electron chi connectivity index (χ0n) is 41.0. The largest absolute Gasteiger partial charge is 0.482 e. The third-order valence-electron chi connectivity index (χ3n) is 11.4. The van der Waals surface area contributed by atoms with Gasteiger partial charge < -0.3 is 43.6 Å². The lowest BCUT2D eigenvalue weighted by Crippen LogP contribution is -2.46. The quantitative estimate of drug-likeness (QED) is 0.0320. The van der Waals surface area contributed by atoms with Crippen molar-refractivity contribution in [2.75, 3.05) is 39.6 Å². The number of nitro benzene ring substituents is 1. The van der Waals surface area contributed by atoms with E-state index in [0.717, 1.165) is 52.6 Å². The second-order valence-corrected chi connectivity index (χ2v) is 17.2. The molecular weight excluding hydrogens is 963 g/mol. The summed E-state index contributed by atoms with van der Waals surface area (Å²) in [5.74, 6) is -4.50. The molecule has 0 aliphatic carbocycles. The molecule has 0 fully saturated rings. The number of carbonyl (C=O) groups is 3. The summed E-state index contributed by atoms with van der Waals surface area (Å²) in [5.41, 5.74) is 1.11. The van der Waals surface area contributed by atoms with Gasteiger partial charge >= 0.3 is 11.5 Å². The standard InChI is InChI=1S/C58H57N3O14/c62-55(53-30-52(58(65)66)54(75-35-46-24-14-5-15-25-46)57(64)60(53)56(63)47-26-28-49(29-27-47)61(67)68)59-48(36-73-50(38-69-31-42-16-6-1-7-17-42)39-70-32-43-18-8-2-9-19-43)37-74-51(40-71-33-44-20-10-3-11-21-44)41-72-34-45-22-12-4-13-23-45/h1-30,48,50-51H,31-41H2,(H,59,62)(H,65,66). The molecular formula is C58H57N3O14. The van der Waals surface area contributed by atoms with E-state index in [1.807, 2.05) is 121 Å². The van der Waals surface area contributed by atoms with Gasteiger partial charge in [-0.2, -0.15) is 0 Å². The van der Waals surface area contributed by atoms with Crippen LogP contribution in [0.4, 0.5) is 5.69 Å². The molecule has 0 aliphatic rings. The van der Waals surface area contributed by atoms with E-state index in [4.69, 9.17) is 33.2 Å². The zero-order valence-corrected chi connectivity index (χ0v) is 41.0. The Hall–Kier alpha value is -8.16. The molecule has 1 aromatic heterocycles. The van der Waals surface area contributed by atoms with Crippen LogP contribution in [0.15, 0.2) is 187 Å². The first kappa shape index (κ1) is 54.6. The van der Waals surface area contributed by atoms with Crippen molar-refractivity contribution in [3.8, 4) is 5.75 Å². The Morgan fingerprint density at radius 1 is 0.533 bits per heavy atom. The summed E-state index contributed by atoms with van der Waals surface area (Å²) in [6.07, 6.45) is -1.39. The summed E-state index contributed by atoms with van der Waals surface area (Å²) in [6, 6.07) is 51.0. The van der Waals surface area contributed by atoms with Gasteiger partial charge in [0.05, 0.1) is 77.0 Å². The molecule has 7 aromatic rings. The number of hydrogen-bond acceptors (Lipinski definition) is 13. The number of nitrogens with one attached hydrogen (secondary N) is 1.